The van der Waals surface area contributed by atoms with E-state index in [2.05, 4.69) is 31.3 Å². The van der Waals surface area contributed by atoms with Crippen LogP contribution in [0.4, 0.5) is 5.82 Å². The predicted molar refractivity (Wildman–Crippen MR) is 70.2 cm³/mol. The Labute approximate surface area is 109 Å². The molecule has 0 spiro atoms. The number of nitriles is 1. The van der Waals surface area contributed by atoms with Crippen molar-refractivity contribution in [1.29, 1.82) is 5.26 Å². The average molecular weight is 250 g/mol. The molecule has 3 rings (SSSR count). The topological polar surface area (TPSA) is 90.3 Å². The molecule has 92 valence electrons. The molecule has 0 atom stereocenters. The first-order valence-corrected chi connectivity index (χ1v) is 5.74. The van der Waals surface area contributed by atoms with E-state index in [9.17, 15) is 0 Å². The summed E-state index contributed by atoms with van der Waals surface area (Å²) in [6.45, 7) is 0.622. The summed E-state index contributed by atoms with van der Waals surface area (Å²) >= 11 is 0. The number of nitrogens with zero attached hydrogens (tertiary/aromatic N) is 4. The number of nitrogens with one attached hydrogen (secondary N) is 2. The van der Waals surface area contributed by atoms with Gasteiger partial charge in [-0.15, -0.1) is 0 Å². The molecule has 3 aromatic rings. The molecule has 6 nitrogen and oxygen atoms in total. The van der Waals surface area contributed by atoms with Crippen molar-refractivity contribution in [1.82, 2.24) is 19.9 Å². The van der Waals surface area contributed by atoms with Gasteiger partial charge in [0.15, 0.2) is 11.5 Å². The van der Waals surface area contributed by atoms with Crippen molar-refractivity contribution < 1.29 is 0 Å². The maximum Gasteiger partial charge on any atom is 0.182 e. The van der Waals surface area contributed by atoms with E-state index in [4.69, 9.17) is 5.26 Å². The quantitative estimate of drug-likeness (QED) is 0.740. The third-order valence-electron chi connectivity index (χ3n) is 2.77. The highest BCUT2D eigenvalue weighted by molar-refractivity contribution is 5.81. The molecule has 1 aromatic carbocycles. The van der Waals surface area contributed by atoms with E-state index in [1.807, 2.05) is 12.1 Å². The van der Waals surface area contributed by atoms with Gasteiger partial charge in [0, 0.05) is 6.54 Å². The average Bonchev–Trinajstić information content (AvgIpc) is 2.94. The second-order valence-corrected chi connectivity index (χ2v) is 3.99. The molecule has 2 N–H and O–H groups in total. The van der Waals surface area contributed by atoms with Crippen LogP contribution in [-0.2, 0) is 6.54 Å². The zero-order chi connectivity index (χ0) is 13.1. The van der Waals surface area contributed by atoms with Gasteiger partial charge in [-0.25, -0.2) is 15.0 Å². The molecule has 0 aliphatic heterocycles. The van der Waals surface area contributed by atoms with Crippen LogP contribution < -0.4 is 5.32 Å². The Morgan fingerprint density at radius 3 is 2.79 bits per heavy atom. The number of fused-ring (bicyclic) bond motifs is 1. The lowest BCUT2D eigenvalue weighted by Gasteiger charge is -2.05. The molecule has 0 aliphatic rings. The molecule has 2 heterocycles. The molecular weight excluding hydrogens is 240 g/mol. The smallest absolute Gasteiger partial charge is 0.182 e. The SMILES string of the molecule is N#Cc1ccc(CNc2ncnc3nc[nH]c23)cc1. The van der Waals surface area contributed by atoms with Crippen molar-refractivity contribution in [2.24, 2.45) is 0 Å². The van der Waals surface area contributed by atoms with Gasteiger partial charge in [-0.3, -0.25) is 0 Å². The van der Waals surface area contributed by atoms with E-state index in [0.29, 0.717) is 23.6 Å². The van der Waals surface area contributed by atoms with Crippen LogP contribution in [-0.4, -0.2) is 19.9 Å². The highest BCUT2D eigenvalue weighted by Gasteiger charge is 2.04. The van der Waals surface area contributed by atoms with Crippen LogP contribution >= 0.6 is 0 Å². The molecule has 2 aromatic heterocycles. The summed E-state index contributed by atoms with van der Waals surface area (Å²) in [7, 11) is 0. The molecule has 0 bridgehead atoms. The second-order valence-electron chi connectivity index (χ2n) is 3.99. The van der Waals surface area contributed by atoms with Crippen molar-refractivity contribution in [2.75, 3.05) is 5.32 Å². The van der Waals surface area contributed by atoms with Gasteiger partial charge in [0.2, 0.25) is 0 Å². The van der Waals surface area contributed by atoms with Crippen LogP contribution in [0.5, 0.6) is 0 Å². The van der Waals surface area contributed by atoms with Crippen molar-refractivity contribution in [2.45, 2.75) is 6.54 Å². The zero-order valence-electron chi connectivity index (χ0n) is 9.96. The first-order valence-electron chi connectivity index (χ1n) is 5.74. The predicted octanol–water partition coefficient (Wildman–Crippen LogP) is 1.84. The minimum absolute atomic E-state index is 0.622. The van der Waals surface area contributed by atoms with E-state index in [0.717, 1.165) is 11.1 Å². The van der Waals surface area contributed by atoms with E-state index >= 15 is 0 Å². The lowest BCUT2D eigenvalue weighted by Crippen LogP contribution is -2.02. The Balaban J connectivity index is 1.78. The molecule has 6 heteroatoms. The van der Waals surface area contributed by atoms with Crippen LogP contribution in [0.1, 0.15) is 11.1 Å². The number of aromatic amines is 1. The minimum Gasteiger partial charge on any atom is -0.364 e. The Morgan fingerprint density at radius 2 is 2.00 bits per heavy atom. The maximum atomic E-state index is 8.74. The van der Waals surface area contributed by atoms with Crippen molar-refractivity contribution in [3.63, 3.8) is 0 Å². The summed E-state index contributed by atoms with van der Waals surface area (Å²) in [5.74, 6) is 0.715. The number of anilines is 1. The summed E-state index contributed by atoms with van der Waals surface area (Å²) in [4.78, 5) is 15.3. The van der Waals surface area contributed by atoms with Crippen molar-refractivity contribution in [3.8, 4) is 6.07 Å². The van der Waals surface area contributed by atoms with Gasteiger partial charge < -0.3 is 10.3 Å². The van der Waals surface area contributed by atoms with Crippen LogP contribution in [0.25, 0.3) is 11.2 Å². The van der Waals surface area contributed by atoms with E-state index < -0.39 is 0 Å². The third kappa shape index (κ3) is 2.21. The molecule has 19 heavy (non-hydrogen) atoms. The summed E-state index contributed by atoms with van der Waals surface area (Å²) in [5.41, 5.74) is 3.15. The first-order chi connectivity index (χ1) is 9.36. The van der Waals surface area contributed by atoms with E-state index in [-0.39, 0.29) is 0 Å². The molecule has 0 aliphatic carbocycles. The van der Waals surface area contributed by atoms with Crippen molar-refractivity contribution >= 4 is 17.0 Å². The van der Waals surface area contributed by atoms with Gasteiger partial charge in [0.05, 0.1) is 18.0 Å². The fourth-order valence-corrected chi connectivity index (χ4v) is 1.78. The Kier molecular flexibility index (Phi) is 2.79. The number of imidazole rings is 1. The fourth-order valence-electron chi connectivity index (χ4n) is 1.78. The molecule has 0 saturated carbocycles. The Bertz CT molecular complexity index is 738. The molecule has 0 fully saturated rings. The first kappa shape index (κ1) is 11.2. The summed E-state index contributed by atoms with van der Waals surface area (Å²) < 4.78 is 0. The Hall–Kier alpha value is -2.94. The number of hydrogen-bond donors (Lipinski definition) is 2. The lowest BCUT2D eigenvalue weighted by atomic mass is 10.1. The monoisotopic (exact) mass is 250 g/mol. The van der Waals surface area contributed by atoms with Crippen LogP contribution in [0, 0.1) is 11.3 Å². The maximum absolute atomic E-state index is 8.74. The van der Waals surface area contributed by atoms with Gasteiger partial charge in [-0.05, 0) is 17.7 Å². The van der Waals surface area contributed by atoms with Gasteiger partial charge in [-0.2, -0.15) is 5.26 Å². The Morgan fingerprint density at radius 1 is 1.16 bits per heavy atom. The highest BCUT2D eigenvalue weighted by Crippen LogP contribution is 2.15. The molecule has 0 unspecified atom stereocenters. The summed E-state index contributed by atoms with van der Waals surface area (Å²) in [6, 6.07) is 9.51. The van der Waals surface area contributed by atoms with Gasteiger partial charge in [0.1, 0.15) is 11.8 Å². The second kappa shape index (κ2) is 4.74. The third-order valence-corrected chi connectivity index (χ3v) is 2.77. The standard InChI is InChI=1S/C13H10N6/c14-5-9-1-3-10(4-2-9)6-15-12-11-13(17-7-16-11)19-8-18-12/h1-4,7-8H,6H2,(H2,15,16,17,18,19). The zero-order valence-corrected chi connectivity index (χ0v) is 9.96. The number of H-pyrrole nitrogens is 1. The van der Waals surface area contributed by atoms with Crippen LogP contribution in [0.2, 0.25) is 0 Å². The minimum atomic E-state index is 0.622. The molecule has 0 saturated heterocycles. The van der Waals surface area contributed by atoms with Crippen LogP contribution in [0.3, 0.4) is 0 Å². The normalized spacial score (nSPS) is 10.3. The molecular formula is C13H10N6. The largest absolute Gasteiger partial charge is 0.364 e. The van der Waals surface area contributed by atoms with E-state index in [1.54, 1.807) is 18.5 Å². The summed E-state index contributed by atoms with van der Waals surface area (Å²) in [5, 5.41) is 12.0. The van der Waals surface area contributed by atoms with Crippen LogP contribution in [0.15, 0.2) is 36.9 Å². The summed E-state index contributed by atoms with van der Waals surface area (Å²) in [6.07, 6.45) is 3.07. The van der Waals surface area contributed by atoms with Gasteiger partial charge in [-0.1, -0.05) is 12.1 Å². The van der Waals surface area contributed by atoms with Crippen molar-refractivity contribution in [3.05, 3.63) is 48.0 Å². The number of benzene rings is 1. The fraction of sp³-hybridized carbons (Fsp3) is 0.0769. The van der Waals surface area contributed by atoms with Gasteiger partial charge in [0.25, 0.3) is 0 Å². The number of aromatic nitrogens is 4. The highest BCUT2D eigenvalue weighted by atomic mass is 15.1. The number of rotatable bonds is 3. The van der Waals surface area contributed by atoms with Gasteiger partial charge >= 0.3 is 0 Å². The number of hydrogen-bond acceptors (Lipinski definition) is 5. The molecule has 0 amide bonds. The van der Waals surface area contributed by atoms with E-state index in [1.165, 1.54) is 6.33 Å². The molecule has 0 radical (unpaired) electrons. The lowest BCUT2D eigenvalue weighted by molar-refractivity contribution is 1.10.